The summed E-state index contributed by atoms with van der Waals surface area (Å²) >= 11 is 6.02. The standard InChI is InChI=1S/C23H25ClN4O.HI/c1-25-23(27-14-12-18-5-4-6-20(24)15-18)28-16-19-8-10-22(11-9-19)29-17-21-7-2-3-13-26-21;/h2-11,13,15H,12,14,16-17H2,1H3,(H2,25,27,28);1H. The zero-order valence-electron chi connectivity index (χ0n) is 16.8. The number of nitrogens with one attached hydrogen (secondary N) is 2. The fourth-order valence-corrected chi connectivity index (χ4v) is 2.98. The van der Waals surface area contributed by atoms with E-state index in [9.17, 15) is 0 Å². The van der Waals surface area contributed by atoms with E-state index in [-0.39, 0.29) is 24.0 Å². The van der Waals surface area contributed by atoms with Gasteiger partial charge < -0.3 is 15.4 Å². The van der Waals surface area contributed by atoms with Gasteiger partial charge in [-0.3, -0.25) is 9.98 Å². The lowest BCUT2D eigenvalue weighted by Gasteiger charge is -2.12. The zero-order valence-corrected chi connectivity index (χ0v) is 19.9. The highest BCUT2D eigenvalue weighted by Crippen LogP contribution is 2.14. The normalized spacial score (nSPS) is 10.8. The molecule has 0 amide bonds. The van der Waals surface area contributed by atoms with Crippen LogP contribution in [0.4, 0.5) is 0 Å². The maximum atomic E-state index is 6.02. The average Bonchev–Trinajstić information content (AvgIpc) is 2.76. The monoisotopic (exact) mass is 536 g/mol. The average molecular weight is 537 g/mol. The van der Waals surface area contributed by atoms with Crippen LogP contribution in [-0.2, 0) is 19.6 Å². The summed E-state index contributed by atoms with van der Waals surface area (Å²) in [5, 5.41) is 7.41. The van der Waals surface area contributed by atoms with Crippen molar-refractivity contribution in [3.8, 4) is 5.75 Å². The minimum absolute atomic E-state index is 0. The number of aliphatic imine (C=N–C) groups is 1. The molecule has 0 bridgehead atoms. The van der Waals surface area contributed by atoms with Gasteiger partial charge in [0.1, 0.15) is 12.4 Å². The summed E-state index contributed by atoms with van der Waals surface area (Å²) in [4.78, 5) is 8.53. The summed E-state index contributed by atoms with van der Waals surface area (Å²) in [7, 11) is 1.77. The Balaban J connectivity index is 0.00000320. The number of benzene rings is 2. The Labute approximate surface area is 200 Å². The number of nitrogens with zero attached hydrogens (tertiary/aromatic N) is 2. The minimum atomic E-state index is 0. The van der Waals surface area contributed by atoms with Gasteiger partial charge in [-0.05, 0) is 53.9 Å². The largest absolute Gasteiger partial charge is 0.487 e. The van der Waals surface area contributed by atoms with Crippen LogP contribution in [0.15, 0.2) is 77.9 Å². The van der Waals surface area contributed by atoms with Crippen molar-refractivity contribution in [1.29, 1.82) is 0 Å². The highest BCUT2D eigenvalue weighted by atomic mass is 127. The van der Waals surface area contributed by atoms with Crippen molar-refractivity contribution in [2.45, 2.75) is 19.6 Å². The second kappa shape index (κ2) is 13.1. The van der Waals surface area contributed by atoms with E-state index in [1.807, 2.05) is 60.7 Å². The van der Waals surface area contributed by atoms with E-state index in [1.54, 1.807) is 13.2 Å². The van der Waals surface area contributed by atoms with Crippen molar-refractivity contribution >= 4 is 41.5 Å². The molecule has 0 saturated heterocycles. The molecule has 3 aromatic rings. The van der Waals surface area contributed by atoms with E-state index < -0.39 is 0 Å². The topological polar surface area (TPSA) is 58.5 Å². The quantitative estimate of drug-likeness (QED) is 0.246. The molecule has 0 radical (unpaired) electrons. The maximum Gasteiger partial charge on any atom is 0.191 e. The van der Waals surface area contributed by atoms with Crippen LogP contribution >= 0.6 is 35.6 Å². The minimum Gasteiger partial charge on any atom is -0.487 e. The summed E-state index contributed by atoms with van der Waals surface area (Å²) in [6.07, 6.45) is 2.65. The first kappa shape index (κ1) is 24.0. The van der Waals surface area contributed by atoms with Crippen LogP contribution in [0.5, 0.6) is 5.75 Å². The Morgan fingerprint density at radius 3 is 2.53 bits per heavy atom. The molecule has 7 heteroatoms. The SMILES string of the molecule is CN=C(NCCc1cccc(Cl)c1)NCc1ccc(OCc2ccccn2)cc1.I. The number of rotatable bonds is 8. The van der Waals surface area contributed by atoms with Crippen molar-refractivity contribution < 1.29 is 4.74 Å². The van der Waals surface area contributed by atoms with Crippen molar-refractivity contribution in [3.63, 3.8) is 0 Å². The Morgan fingerprint density at radius 2 is 1.83 bits per heavy atom. The molecule has 0 aliphatic carbocycles. The van der Waals surface area contributed by atoms with Crippen LogP contribution in [0.1, 0.15) is 16.8 Å². The van der Waals surface area contributed by atoms with Gasteiger partial charge in [-0.25, -0.2) is 0 Å². The molecule has 0 spiro atoms. The highest BCUT2D eigenvalue weighted by Gasteiger charge is 2.01. The molecule has 1 aromatic heterocycles. The lowest BCUT2D eigenvalue weighted by Crippen LogP contribution is -2.37. The third kappa shape index (κ3) is 8.20. The molecule has 0 unspecified atom stereocenters. The van der Waals surface area contributed by atoms with Crippen molar-refractivity contribution in [3.05, 3.63) is 94.8 Å². The van der Waals surface area contributed by atoms with Gasteiger partial charge >= 0.3 is 0 Å². The summed E-state index contributed by atoms with van der Waals surface area (Å²) < 4.78 is 5.77. The molecule has 0 saturated carbocycles. The van der Waals surface area contributed by atoms with E-state index in [2.05, 4.69) is 26.7 Å². The second-order valence-electron chi connectivity index (χ2n) is 6.49. The summed E-state index contributed by atoms with van der Waals surface area (Å²) in [6.45, 7) is 1.92. The first-order valence-electron chi connectivity index (χ1n) is 9.53. The van der Waals surface area contributed by atoms with Gasteiger partial charge in [0.05, 0.1) is 5.69 Å². The summed E-state index contributed by atoms with van der Waals surface area (Å²) in [6, 6.07) is 21.7. The number of guanidine groups is 1. The third-order valence-corrected chi connectivity index (χ3v) is 4.55. The van der Waals surface area contributed by atoms with Gasteiger partial charge in [0.15, 0.2) is 5.96 Å². The fraction of sp³-hybridized carbons (Fsp3) is 0.217. The third-order valence-electron chi connectivity index (χ3n) is 4.31. The van der Waals surface area contributed by atoms with E-state index >= 15 is 0 Å². The number of pyridine rings is 1. The Bertz CT molecular complexity index is 920. The van der Waals surface area contributed by atoms with Crippen LogP contribution in [0.25, 0.3) is 0 Å². The Morgan fingerprint density at radius 1 is 1.00 bits per heavy atom. The summed E-state index contributed by atoms with van der Waals surface area (Å²) in [5.74, 6) is 1.59. The van der Waals surface area contributed by atoms with Crippen LogP contribution in [-0.4, -0.2) is 24.5 Å². The molecule has 0 aliphatic rings. The van der Waals surface area contributed by atoms with Crippen molar-refractivity contribution in [2.75, 3.05) is 13.6 Å². The number of hydrogen-bond donors (Lipinski definition) is 2. The van der Waals surface area contributed by atoms with Gasteiger partial charge in [0.25, 0.3) is 0 Å². The fourth-order valence-electron chi connectivity index (χ4n) is 2.77. The molecule has 2 N–H and O–H groups in total. The Hall–Kier alpha value is -2.32. The van der Waals surface area contributed by atoms with E-state index in [0.717, 1.165) is 41.0 Å². The lowest BCUT2D eigenvalue weighted by atomic mass is 10.1. The highest BCUT2D eigenvalue weighted by molar-refractivity contribution is 14.0. The molecule has 0 aliphatic heterocycles. The number of hydrogen-bond acceptors (Lipinski definition) is 3. The molecular formula is C23H26ClIN4O. The van der Waals surface area contributed by atoms with Gasteiger partial charge in [-0.2, -0.15) is 0 Å². The molecule has 0 atom stereocenters. The van der Waals surface area contributed by atoms with E-state index in [0.29, 0.717) is 13.2 Å². The first-order chi connectivity index (χ1) is 14.2. The van der Waals surface area contributed by atoms with Crippen LogP contribution in [0.2, 0.25) is 5.02 Å². The van der Waals surface area contributed by atoms with Crippen LogP contribution in [0.3, 0.4) is 0 Å². The van der Waals surface area contributed by atoms with E-state index in [1.165, 1.54) is 5.56 Å². The molecule has 158 valence electrons. The Kier molecular flexibility index (Phi) is 10.4. The second-order valence-corrected chi connectivity index (χ2v) is 6.92. The first-order valence-corrected chi connectivity index (χ1v) is 9.91. The number of ether oxygens (including phenoxy) is 1. The van der Waals surface area contributed by atoms with Crippen LogP contribution < -0.4 is 15.4 Å². The molecule has 30 heavy (non-hydrogen) atoms. The molecule has 0 fully saturated rings. The van der Waals surface area contributed by atoms with Crippen molar-refractivity contribution in [1.82, 2.24) is 15.6 Å². The van der Waals surface area contributed by atoms with E-state index in [4.69, 9.17) is 16.3 Å². The van der Waals surface area contributed by atoms with Gasteiger partial charge in [-0.15, -0.1) is 24.0 Å². The predicted molar refractivity (Wildman–Crippen MR) is 134 cm³/mol. The molecule has 1 heterocycles. The van der Waals surface area contributed by atoms with Gasteiger partial charge in [0.2, 0.25) is 0 Å². The van der Waals surface area contributed by atoms with Crippen LogP contribution in [0, 0.1) is 0 Å². The number of halogens is 2. The van der Waals surface area contributed by atoms with Gasteiger partial charge in [0, 0.05) is 31.4 Å². The smallest absolute Gasteiger partial charge is 0.191 e. The predicted octanol–water partition coefficient (Wildman–Crippen LogP) is 4.84. The maximum absolute atomic E-state index is 6.02. The molecule has 3 rings (SSSR count). The number of aromatic nitrogens is 1. The molecule has 5 nitrogen and oxygen atoms in total. The molecule has 2 aromatic carbocycles. The molecular weight excluding hydrogens is 511 g/mol. The van der Waals surface area contributed by atoms with Gasteiger partial charge in [-0.1, -0.05) is 41.9 Å². The zero-order chi connectivity index (χ0) is 20.3. The lowest BCUT2D eigenvalue weighted by molar-refractivity contribution is 0.301. The summed E-state index contributed by atoms with van der Waals surface area (Å²) in [5.41, 5.74) is 3.25. The van der Waals surface area contributed by atoms with Crippen molar-refractivity contribution in [2.24, 2.45) is 4.99 Å².